The van der Waals surface area contributed by atoms with E-state index in [-0.39, 0.29) is 28.7 Å². The van der Waals surface area contributed by atoms with Crippen molar-refractivity contribution in [3.8, 4) is 5.75 Å². The first-order valence-corrected chi connectivity index (χ1v) is 7.02. The normalized spacial score (nSPS) is 17.6. The fraction of sp³-hybridized carbons (Fsp3) is 0.333. The summed E-state index contributed by atoms with van der Waals surface area (Å²) in [7, 11) is -1.15. The van der Waals surface area contributed by atoms with Crippen LogP contribution in [0.1, 0.15) is 22.3 Å². The van der Waals surface area contributed by atoms with Crippen LogP contribution in [0.5, 0.6) is 5.75 Å². The number of thioether (sulfide) groups is 1. The van der Waals surface area contributed by atoms with Crippen molar-refractivity contribution in [1.29, 1.82) is 0 Å². The van der Waals surface area contributed by atoms with Crippen molar-refractivity contribution in [2.24, 2.45) is 0 Å². The second-order valence-electron chi connectivity index (χ2n) is 4.35. The van der Waals surface area contributed by atoms with E-state index in [1.807, 2.05) is 0 Å². The van der Waals surface area contributed by atoms with E-state index in [0.717, 1.165) is 11.8 Å². The van der Waals surface area contributed by atoms with Crippen LogP contribution in [0.4, 0.5) is 0 Å². The van der Waals surface area contributed by atoms with E-state index in [1.54, 1.807) is 18.4 Å². The maximum atomic E-state index is 11.4. The van der Waals surface area contributed by atoms with Gasteiger partial charge in [0.15, 0.2) is 5.12 Å². The lowest BCUT2D eigenvalue weighted by Crippen LogP contribution is -2.35. The molecule has 0 saturated carbocycles. The van der Waals surface area contributed by atoms with Crippen LogP contribution >= 0.6 is 11.8 Å². The Labute approximate surface area is 115 Å². The molecule has 7 heteroatoms. The zero-order valence-electron chi connectivity index (χ0n) is 10.3. The molecule has 5 nitrogen and oxygen atoms in total. The van der Waals surface area contributed by atoms with Crippen molar-refractivity contribution >= 4 is 30.0 Å². The highest BCUT2D eigenvalue weighted by Gasteiger charge is 2.37. The molecule has 19 heavy (non-hydrogen) atoms. The molecule has 0 saturated heterocycles. The van der Waals surface area contributed by atoms with Gasteiger partial charge in [0.05, 0.1) is 5.56 Å². The minimum Gasteiger partial charge on any atom is -0.535 e. The van der Waals surface area contributed by atoms with Gasteiger partial charge in [-0.15, -0.1) is 0 Å². The predicted molar refractivity (Wildman–Crippen MR) is 72.6 cm³/mol. The van der Waals surface area contributed by atoms with Gasteiger partial charge in [-0.3, -0.25) is 4.79 Å². The van der Waals surface area contributed by atoms with Crippen molar-refractivity contribution in [2.75, 3.05) is 6.26 Å². The number of carbonyl (C=O) groups is 2. The first-order valence-electron chi connectivity index (χ1n) is 5.79. The Morgan fingerprint density at radius 1 is 1.53 bits per heavy atom. The van der Waals surface area contributed by atoms with Gasteiger partial charge in [-0.25, -0.2) is 4.79 Å². The third kappa shape index (κ3) is 2.93. The predicted octanol–water partition coefficient (Wildman–Crippen LogP) is 1.45. The van der Waals surface area contributed by atoms with Crippen LogP contribution in [-0.2, 0) is 11.2 Å². The molecule has 1 aliphatic rings. The third-order valence-corrected chi connectivity index (χ3v) is 3.73. The van der Waals surface area contributed by atoms with Crippen LogP contribution < -0.4 is 4.65 Å². The topological polar surface area (TPSA) is 83.8 Å². The van der Waals surface area contributed by atoms with Gasteiger partial charge in [0.25, 0.3) is 0 Å². The molecule has 1 atom stereocenters. The molecule has 0 fully saturated rings. The molecule has 0 aromatic heterocycles. The summed E-state index contributed by atoms with van der Waals surface area (Å²) in [4.78, 5) is 22.5. The Bertz CT molecular complexity index is 519. The summed E-state index contributed by atoms with van der Waals surface area (Å²) in [5.41, 5.74) is 0.746. The second kappa shape index (κ2) is 5.67. The van der Waals surface area contributed by atoms with Gasteiger partial charge in [0.2, 0.25) is 0 Å². The minimum absolute atomic E-state index is 0.0227. The van der Waals surface area contributed by atoms with Crippen molar-refractivity contribution in [1.82, 2.24) is 0 Å². The zero-order valence-corrected chi connectivity index (χ0v) is 11.1. The highest BCUT2D eigenvalue weighted by molar-refractivity contribution is 8.13. The van der Waals surface area contributed by atoms with E-state index in [2.05, 4.69) is 0 Å². The molecule has 0 spiro atoms. The van der Waals surface area contributed by atoms with E-state index in [4.69, 9.17) is 9.76 Å². The lowest BCUT2D eigenvalue weighted by Gasteiger charge is -2.27. The van der Waals surface area contributed by atoms with Crippen LogP contribution in [-0.4, -0.2) is 34.6 Å². The summed E-state index contributed by atoms with van der Waals surface area (Å²) >= 11 is 1.11. The number of benzene rings is 1. The number of hydrogen-bond acceptors (Lipinski definition) is 5. The van der Waals surface area contributed by atoms with Crippen LogP contribution in [0.3, 0.4) is 0 Å². The third-order valence-electron chi connectivity index (χ3n) is 3.11. The molecule has 100 valence electrons. The smallest absolute Gasteiger partial charge is 0.526 e. The van der Waals surface area contributed by atoms with E-state index >= 15 is 0 Å². The number of fused-ring (bicyclic) bond motifs is 1. The number of carbonyl (C=O) groups excluding carboxylic acids is 1. The first-order chi connectivity index (χ1) is 9.02. The van der Waals surface area contributed by atoms with Gasteiger partial charge >= 0.3 is 13.1 Å². The molecule has 0 unspecified atom stereocenters. The molecule has 1 aliphatic heterocycles. The van der Waals surface area contributed by atoms with Crippen molar-refractivity contribution in [3.05, 3.63) is 29.3 Å². The SMILES string of the molecule is CSC(=O)C[C@H]1Cc2cccc(C(=O)O)c2OB1O. The number of aromatic carboxylic acids is 1. The lowest BCUT2D eigenvalue weighted by atomic mass is 9.65. The summed E-state index contributed by atoms with van der Waals surface area (Å²) in [6.07, 6.45) is 2.33. The molecule has 0 aliphatic carbocycles. The fourth-order valence-corrected chi connectivity index (χ4v) is 2.50. The van der Waals surface area contributed by atoms with Gasteiger partial charge in [-0.05, 0) is 24.3 Å². The largest absolute Gasteiger partial charge is 0.535 e. The average Bonchev–Trinajstić information content (AvgIpc) is 2.38. The standard InChI is InChI=1S/C12H13BO5S/c1-19-10(14)6-8-5-7-3-2-4-9(12(15)16)11(7)18-13(8)17/h2-4,8,17H,5-6H2,1H3,(H,15,16)/t8-/m1/s1. The molecule has 1 aromatic rings. The average molecular weight is 280 g/mol. The molecular weight excluding hydrogens is 267 g/mol. The summed E-state index contributed by atoms with van der Waals surface area (Å²) in [6.45, 7) is 0. The Morgan fingerprint density at radius 3 is 2.89 bits per heavy atom. The molecule has 0 bridgehead atoms. The molecule has 0 radical (unpaired) electrons. The maximum absolute atomic E-state index is 11.4. The van der Waals surface area contributed by atoms with Crippen molar-refractivity contribution in [2.45, 2.75) is 18.7 Å². The van der Waals surface area contributed by atoms with E-state index < -0.39 is 13.1 Å². The summed E-state index contributed by atoms with van der Waals surface area (Å²) in [5.74, 6) is -1.23. The summed E-state index contributed by atoms with van der Waals surface area (Å²) in [6, 6.07) is 4.82. The highest BCUT2D eigenvalue weighted by Crippen LogP contribution is 2.36. The Kier molecular flexibility index (Phi) is 4.16. The van der Waals surface area contributed by atoms with E-state index in [0.29, 0.717) is 12.0 Å². The first kappa shape index (κ1) is 14.0. The minimum atomic E-state index is -1.15. The van der Waals surface area contributed by atoms with Gasteiger partial charge in [-0.1, -0.05) is 23.9 Å². The van der Waals surface area contributed by atoms with Gasteiger partial charge in [0, 0.05) is 12.2 Å². The number of hydrogen-bond donors (Lipinski definition) is 2. The van der Waals surface area contributed by atoms with Gasteiger partial charge in [-0.2, -0.15) is 0 Å². The summed E-state index contributed by atoms with van der Waals surface area (Å²) < 4.78 is 5.30. The lowest BCUT2D eigenvalue weighted by molar-refractivity contribution is -0.111. The van der Waals surface area contributed by atoms with Crippen molar-refractivity contribution in [3.63, 3.8) is 0 Å². The van der Waals surface area contributed by atoms with Gasteiger partial charge in [0.1, 0.15) is 5.75 Å². The van der Waals surface area contributed by atoms with Crippen molar-refractivity contribution < 1.29 is 24.4 Å². The second-order valence-corrected chi connectivity index (χ2v) is 5.22. The number of para-hydroxylation sites is 1. The monoisotopic (exact) mass is 280 g/mol. The van der Waals surface area contributed by atoms with Crippen LogP contribution in [0.15, 0.2) is 18.2 Å². The highest BCUT2D eigenvalue weighted by atomic mass is 32.2. The Hall–Kier alpha value is -1.47. The number of rotatable bonds is 3. The quantitative estimate of drug-likeness (QED) is 0.815. The number of carboxylic acid groups (broad SMARTS) is 1. The van der Waals surface area contributed by atoms with Crippen LogP contribution in [0.25, 0.3) is 0 Å². The number of carboxylic acids is 1. The molecule has 0 amide bonds. The molecule has 1 aromatic carbocycles. The van der Waals surface area contributed by atoms with E-state index in [9.17, 15) is 14.6 Å². The van der Waals surface area contributed by atoms with E-state index in [1.165, 1.54) is 6.07 Å². The fourth-order valence-electron chi connectivity index (χ4n) is 2.12. The Balaban J connectivity index is 2.26. The van der Waals surface area contributed by atoms with Crippen LogP contribution in [0.2, 0.25) is 5.82 Å². The molecule has 2 N–H and O–H groups in total. The molecular formula is C12H13BO5S. The summed E-state index contributed by atoms with van der Waals surface area (Å²) in [5, 5.41) is 18.9. The van der Waals surface area contributed by atoms with Crippen LogP contribution in [0, 0.1) is 0 Å². The maximum Gasteiger partial charge on any atom is 0.526 e. The Morgan fingerprint density at radius 2 is 2.26 bits per heavy atom. The molecule has 1 heterocycles. The van der Waals surface area contributed by atoms with Gasteiger partial charge < -0.3 is 14.8 Å². The zero-order chi connectivity index (χ0) is 14.0. The molecule has 2 rings (SSSR count).